The lowest BCUT2D eigenvalue weighted by atomic mass is 10.1. The third kappa shape index (κ3) is 3.33. The van der Waals surface area contributed by atoms with Crippen LogP contribution in [0.5, 0.6) is 0 Å². The highest BCUT2D eigenvalue weighted by molar-refractivity contribution is 6.31. The van der Waals surface area contributed by atoms with Crippen molar-refractivity contribution >= 4 is 34.7 Å². The summed E-state index contributed by atoms with van der Waals surface area (Å²) >= 11 is 11.9. The minimum atomic E-state index is -0.416. The summed E-state index contributed by atoms with van der Waals surface area (Å²) in [5, 5.41) is 3.71. The van der Waals surface area contributed by atoms with E-state index in [2.05, 4.69) is 15.3 Å². The third-order valence-corrected chi connectivity index (χ3v) is 3.06. The molecule has 0 radical (unpaired) electrons. The number of halogens is 3. The average Bonchev–Trinajstić information content (AvgIpc) is 2.26. The molecule has 1 aromatic carbocycles. The van der Waals surface area contributed by atoms with Gasteiger partial charge in [-0.25, -0.2) is 14.4 Å². The molecule has 2 aromatic rings. The predicted molar refractivity (Wildman–Crippen MR) is 75.8 cm³/mol. The van der Waals surface area contributed by atoms with E-state index in [1.165, 1.54) is 18.5 Å². The summed E-state index contributed by atoms with van der Waals surface area (Å²) in [6.45, 7) is 3.96. The third-order valence-electron chi connectivity index (χ3n) is 2.54. The number of nitrogens with zero attached hydrogens (tertiary/aromatic N) is 2. The lowest BCUT2D eigenvalue weighted by Crippen LogP contribution is -2.03. The molecule has 100 valence electrons. The van der Waals surface area contributed by atoms with Crippen molar-refractivity contribution in [2.45, 2.75) is 19.8 Å². The summed E-state index contributed by atoms with van der Waals surface area (Å²) in [7, 11) is 0. The van der Waals surface area contributed by atoms with Crippen LogP contribution in [0.1, 0.15) is 25.3 Å². The number of hydrogen-bond donors (Lipinski definition) is 1. The molecule has 0 aliphatic heterocycles. The van der Waals surface area contributed by atoms with Crippen molar-refractivity contribution in [1.82, 2.24) is 9.97 Å². The molecule has 3 nitrogen and oxygen atoms in total. The first-order valence-electron chi connectivity index (χ1n) is 5.71. The van der Waals surface area contributed by atoms with E-state index >= 15 is 0 Å². The highest BCUT2D eigenvalue weighted by Gasteiger charge is 2.14. The lowest BCUT2D eigenvalue weighted by molar-refractivity contribution is 0.628. The number of benzene rings is 1. The van der Waals surface area contributed by atoms with Crippen LogP contribution >= 0.6 is 23.2 Å². The van der Waals surface area contributed by atoms with Gasteiger partial charge in [-0.15, -0.1) is 0 Å². The van der Waals surface area contributed by atoms with Gasteiger partial charge in [0, 0.05) is 16.3 Å². The number of aromatic nitrogens is 2. The molecule has 0 aliphatic carbocycles. The average molecular weight is 300 g/mol. The molecule has 2 rings (SSSR count). The van der Waals surface area contributed by atoms with E-state index in [9.17, 15) is 4.39 Å². The molecule has 0 saturated carbocycles. The monoisotopic (exact) mass is 299 g/mol. The molecule has 1 aromatic heterocycles. The highest BCUT2D eigenvalue weighted by atomic mass is 35.5. The van der Waals surface area contributed by atoms with Gasteiger partial charge < -0.3 is 5.32 Å². The molecule has 19 heavy (non-hydrogen) atoms. The normalized spacial score (nSPS) is 10.8. The zero-order chi connectivity index (χ0) is 14.0. The largest absolute Gasteiger partial charge is 0.340 e. The van der Waals surface area contributed by atoms with E-state index in [1.807, 2.05) is 13.8 Å². The van der Waals surface area contributed by atoms with Gasteiger partial charge in [-0.2, -0.15) is 0 Å². The SMILES string of the molecule is CC(C)c1c(Cl)ncnc1Nc1cc(F)cc(Cl)c1. The summed E-state index contributed by atoms with van der Waals surface area (Å²) in [6.07, 6.45) is 1.36. The standard InChI is InChI=1S/C13H12Cl2FN3/c1-7(2)11-12(15)17-6-18-13(11)19-10-4-8(14)3-9(16)5-10/h3-7H,1-2H3,(H,17,18,19). The minimum Gasteiger partial charge on any atom is -0.340 e. The lowest BCUT2D eigenvalue weighted by Gasteiger charge is -2.14. The minimum absolute atomic E-state index is 0.139. The van der Waals surface area contributed by atoms with Crippen LogP contribution < -0.4 is 5.32 Å². The highest BCUT2D eigenvalue weighted by Crippen LogP contribution is 2.30. The molecule has 1 N–H and O–H groups in total. The Morgan fingerprint density at radius 2 is 1.89 bits per heavy atom. The van der Waals surface area contributed by atoms with Crippen LogP contribution in [0.25, 0.3) is 0 Å². The van der Waals surface area contributed by atoms with Crippen molar-refractivity contribution in [3.8, 4) is 0 Å². The fraction of sp³-hybridized carbons (Fsp3) is 0.231. The Bertz CT molecular complexity index is 582. The number of rotatable bonds is 3. The van der Waals surface area contributed by atoms with Crippen LogP contribution in [0.4, 0.5) is 15.9 Å². The van der Waals surface area contributed by atoms with Crippen molar-refractivity contribution < 1.29 is 4.39 Å². The summed E-state index contributed by atoms with van der Waals surface area (Å²) in [5.41, 5.74) is 1.30. The fourth-order valence-corrected chi connectivity index (χ4v) is 2.32. The molecule has 0 saturated heterocycles. The van der Waals surface area contributed by atoms with Gasteiger partial charge in [-0.05, 0) is 24.1 Å². The van der Waals surface area contributed by atoms with Crippen LogP contribution in [-0.2, 0) is 0 Å². The summed E-state index contributed by atoms with van der Waals surface area (Å²) in [4.78, 5) is 8.10. The second kappa shape index (κ2) is 5.72. The molecule has 0 amide bonds. The maximum Gasteiger partial charge on any atom is 0.138 e. The Morgan fingerprint density at radius 3 is 2.53 bits per heavy atom. The number of anilines is 2. The van der Waals surface area contributed by atoms with E-state index in [0.29, 0.717) is 21.7 Å². The van der Waals surface area contributed by atoms with Gasteiger partial charge in [0.25, 0.3) is 0 Å². The van der Waals surface area contributed by atoms with Crippen molar-refractivity contribution in [2.24, 2.45) is 0 Å². The Balaban J connectivity index is 2.40. The van der Waals surface area contributed by atoms with E-state index in [0.717, 1.165) is 5.56 Å². The quantitative estimate of drug-likeness (QED) is 0.828. The van der Waals surface area contributed by atoms with Gasteiger partial charge in [-0.1, -0.05) is 37.0 Å². The molecule has 0 bridgehead atoms. The van der Waals surface area contributed by atoms with Crippen LogP contribution in [0.15, 0.2) is 24.5 Å². The van der Waals surface area contributed by atoms with E-state index in [-0.39, 0.29) is 5.92 Å². The smallest absolute Gasteiger partial charge is 0.138 e. The van der Waals surface area contributed by atoms with Crippen LogP contribution in [0.2, 0.25) is 10.2 Å². The molecule has 0 fully saturated rings. The molecule has 0 aliphatic rings. The van der Waals surface area contributed by atoms with Gasteiger partial charge in [0.05, 0.1) is 0 Å². The molecule has 1 heterocycles. The Kier molecular flexibility index (Phi) is 4.22. The van der Waals surface area contributed by atoms with Crippen molar-refractivity contribution in [3.05, 3.63) is 46.1 Å². The van der Waals surface area contributed by atoms with Crippen molar-refractivity contribution in [2.75, 3.05) is 5.32 Å². The van der Waals surface area contributed by atoms with Crippen LogP contribution in [0, 0.1) is 5.82 Å². The molecule has 0 spiro atoms. The van der Waals surface area contributed by atoms with E-state index < -0.39 is 5.82 Å². The van der Waals surface area contributed by atoms with Gasteiger partial charge in [0.15, 0.2) is 0 Å². The Labute approximate surface area is 120 Å². The van der Waals surface area contributed by atoms with Crippen molar-refractivity contribution in [1.29, 1.82) is 0 Å². The molecular formula is C13H12Cl2FN3. The predicted octanol–water partition coefficient (Wildman–Crippen LogP) is 4.79. The topological polar surface area (TPSA) is 37.8 Å². The molecule has 0 unspecified atom stereocenters. The first kappa shape index (κ1) is 14.0. The van der Waals surface area contributed by atoms with Gasteiger partial charge in [0.1, 0.15) is 23.1 Å². The molecular weight excluding hydrogens is 288 g/mol. The number of hydrogen-bond acceptors (Lipinski definition) is 3. The fourth-order valence-electron chi connectivity index (χ4n) is 1.75. The summed E-state index contributed by atoms with van der Waals surface area (Å²) in [5.74, 6) is 0.276. The first-order valence-corrected chi connectivity index (χ1v) is 6.46. The molecule has 6 heteroatoms. The summed E-state index contributed by atoms with van der Waals surface area (Å²) < 4.78 is 13.3. The Hall–Kier alpha value is -1.39. The van der Waals surface area contributed by atoms with Crippen LogP contribution in [-0.4, -0.2) is 9.97 Å². The summed E-state index contributed by atoms with van der Waals surface area (Å²) in [6, 6.07) is 4.19. The zero-order valence-corrected chi connectivity index (χ0v) is 11.9. The second-order valence-electron chi connectivity index (χ2n) is 4.36. The maximum atomic E-state index is 13.3. The van der Waals surface area contributed by atoms with Crippen molar-refractivity contribution in [3.63, 3.8) is 0 Å². The van der Waals surface area contributed by atoms with Gasteiger partial charge in [0.2, 0.25) is 0 Å². The van der Waals surface area contributed by atoms with E-state index in [4.69, 9.17) is 23.2 Å². The zero-order valence-electron chi connectivity index (χ0n) is 10.4. The first-order chi connectivity index (χ1) is 8.97. The van der Waals surface area contributed by atoms with E-state index in [1.54, 1.807) is 6.07 Å². The van der Waals surface area contributed by atoms with Gasteiger partial charge >= 0.3 is 0 Å². The van der Waals surface area contributed by atoms with Gasteiger partial charge in [-0.3, -0.25) is 0 Å². The molecule has 0 atom stereocenters. The van der Waals surface area contributed by atoms with Crippen LogP contribution in [0.3, 0.4) is 0 Å². The maximum absolute atomic E-state index is 13.3. The second-order valence-corrected chi connectivity index (χ2v) is 5.16. The number of nitrogens with one attached hydrogen (secondary N) is 1. The Morgan fingerprint density at radius 1 is 1.16 bits per heavy atom.